The number of pyridine rings is 1. The van der Waals surface area contributed by atoms with Gasteiger partial charge in [0.05, 0.1) is 23.5 Å². The van der Waals surface area contributed by atoms with Crippen LogP contribution >= 0.6 is 0 Å². The number of nitrogens with one attached hydrogen (secondary N) is 2. The summed E-state index contributed by atoms with van der Waals surface area (Å²) in [5.41, 5.74) is 0.178. The topological polar surface area (TPSA) is 136 Å². The summed E-state index contributed by atoms with van der Waals surface area (Å²) in [7, 11) is -4.64. The molecule has 11 nitrogen and oxygen atoms in total. The third kappa shape index (κ3) is 8.89. The zero-order valence-corrected chi connectivity index (χ0v) is 29.0. The van der Waals surface area contributed by atoms with E-state index in [1.165, 1.54) is 29.4 Å². The van der Waals surface area contributed by atoms with Crippen LogP contribution in [0.5, 0.6) is 11.6 Å². The molecule has 3 heterocycles. The van der Waals surface area contributed by atoms with Crippen LogP contribution in [0.15, 0.2) is 54.9 Å². The molecule has 1 aliphatic heterocycles. The molecule has 0 bridgehead atoms. The average Bonchev–Trinajstić information content (AvgIpc) is 3.02. The number of hydrogen-bond donors (Lipinski definition) is 2. The second-order valence-corrected chi connectivity index (χ2v) is 14.8. The van der Waals surface area contributed by atoms with Crippen LogP contribution in [0, 0.1) is 12.7 Å². The van der Waals surface area contributed by atoms with E-state index in [1.807, 2.05) is 4.72 Å². The zero-order chi connectivity index (χ0) is 36.4. The first-order valence-electron chi connectivity index (χ1n) is 15.9. The third-order valence-corrected chi connectivity index (χ3v) is 9.08. The number of nitrogens with zero attached hydrogens (tertiary/aromatic N) is 4. The van der Waals surface area contributed by atoms with Crippen LogP contribution in [0.2, 0.25) is 0 Å². The molecule has 1 fully saturated rings. The molecule has 50 heavy (non-hydrogen) atoms. The molecule has 2 aromatic carbocycles. The number of alkyl halides is 3. The molecule has 1 amide bonds. The Morgan fingerprint density at radius 3 is 2.50 bits per heavy atom. The fraction of sp³-hybridized carbons (Fsp3) is 0.412. The number of rotatable bonds is 10. The summed E-state index contributed by atoms with van der Waals surface area (Å²) >= 11 is 0. The maximum Gasteiger partial charge on any atom is 0.410 e. The van der Waals surface area contributed by atoms with Crippen LogP contribution in [0.25, 0.3) is 22.0 Å². The van der Waals surface area contributed by atoms with Crippen molar-refractivity contribution >= 4 is 38.5 Å². The predicted octanol–water partition coefficient (Wildman–Crippen LogP) is 7.48. The van der Waals surface area contributed by atoms with Crippen LogP contribution in [-0.2, 0) is 14.8 Å². The molecule has 16 heteroatoms. The number of anilines is 2. The van der Waals surface area contributed by atoms with Crippen LogP contribution in [0.1, 0.15) is 46.1 Å². The molecular weight excluding hydrogens is 680 g/mol. The van der Waals surface area contributed by atoms with Gasteiger partial charge in [0, 0.05) is 48.6 Å². The summed E-state index contributed by atoms with van der Waals surface area (Å²) < 4.78 is 96.6. The number of likely N-dealkylation sites (tertiary alicyclic amines) is 1. The fourth-order valence-electron chi connectivity index (χ4n) is 5.41. The van der Waals surface area contributed by atoms with Crippen molar-refractivity contribution in [1.29, 1.82) is 0 Å². The molecule has 5 rings (SSSR count). The Morgan fingerprint density at radius 2 is 1.78 bits per heavy atom. The average molecular weight is 719 g/mol. The van der Waals surface area contributed by atoms with Gasteiger partial charge in [0.25, 0.3) is 5.92 Å². The van der Waals surface area contributed by atoms with Gasteiger partial charge in [0.1, 0.15) is 29.1 Å². The van der Waals surface area contributed by atoms with E-state index in [0.29, 0.717) is 22.2 Å². The second-order valence-electron chi connectivity index (χ2n) is 13.1. The van der Waals surface area contributed by atoms with Gasteiger partial charge >= 0.3 is 6.09 Å². The van der Waals surface area contributed by atoms with Crippen molar-refractivity contribution in [1.82, 2.24) is 19.9 Å². The second kappa shape index (κ2) is 14.2. The number of carbonyl (C=O) groups is 1. The van der Waals surface area contributed by atoms with Crippen molar-refractivity contribution < 1.29 is 40.2 Å². The van der Waals surface area contributed by atoms with E-state index in [2.05, 4.69) is 20.3 Å². The Labute approximate surface area is 287 Å². The van der Waals surface area contributed by atoms with Crippen molar-refractivity contribution in [3.05, 3.63) is 66.2 Å². The Bertz CT molecular complexity index is 1990. The summed E-state index contributed by atoms with van der Waals surface area (Å²) in [6.45, 7) is 8.16. The summed E-state index contributed by atoms with van der Waals surface area (Å²) in [4.78, 5) is 27.2. The summed E-state index contributed by atoms with van der Waals surface area (Å²) in [6.07, 6.45) is 0.490. The highest BCUT2D eigenvalue weighted by molar-refractivity contribution is 7.92. The molecule has 2 N–H and O–H groups in total. The van der Waals surface area contributed by atoms with Crippen LogP contribution < -0.4 is 14.8 Å². The molecule has 1 aliphatic rings. The number of hydrogen-bond acceptors (Lipinski definition) is 9. The molecular formula is C34H38F4N6O5S. The maximum absolute atomic E-state index is 15.0. The van der Waals surface area contributed by atoms with Gasteiger partial charge in [-0.2, -0.15) is 0 Å². The molecule has 0 aliphatic carbocycles. The number of aromatic nitrogens is 3. The Balaban J connectivity index is 1.42. The maximum atomic E-state index is 15.0. The van der Waals surface area contributed by atoms with Crippen molar-refractivity contribution in [2.24, 2.45) is 0 Å². The molecule has 0 spiro atoms. The lowest BCUT2D eigenvalue weighted by Crippen LogP contribution is -2.51. The van der Waals surface area contributed by atoms with E-state index in [9.17, 15) is 26.4 Å². The number of piperidine rings is 1. The molecule has 268 valence electrons. The monoisotopic (exact) mass is 718 g/mol. The minimum Gasteiger partial charge on any atom is -0.444 e. The highest BCUT2D eigenvalue weighted by Gasteiger charge is 2.35. The van der Waals surface area contributed by atoms with Gasteiger partial charge in [0.15, 0.2) is 0 Å². The minimum absolute atomic E-state index is 0.0825. The van der Waals surface area contributed by atoms with Gasteiger partial charge in [-0.05, 0) is 63.6 Å². The number of benzene rings is 2. The minimum atomic E-state index is -4.64. The zero-order valence-electron chi connectivity index (χ0n) is 28.1. The number of halogens is 4. The third-order valence-electron chi connectivity index (χ3n) is 7.76. The first kappa shape index (κ1) is 36.5. The van der Waals surface area contributed by atoms with E-state index >= 15 is 4.39 Å². The van der Waals surface area contributed by atoms with Gasteiger partial charge in [-0.1, -0.05) is 19.1 Å². The Hall–Kier alpha value is -4.73. The highest BCUT2D eigenvalue weighted by Crippen LogP contribution is 2.40. The van der Waals surface area contributed by atoms with Crippen LogP contribution in [0.4, 0.5) is 34.0 Å². The summed E-state index contributed by atoms with van der Waals surface area (Å²) in [5.74, 6) is -5.49. The number of aryl methyl sites for hydroxylation is 1. The van der Waals surface area contributed by atoms with E-state index in [1.54, 1.807) is 52.0 Å². The van der Waals surface area contributed by atoms with Crippen molar-refractivity contribution in [3.8, 4) is 22.9 Å². The number of ether oxygens (including phenoxy) is 2. The lowest BCUT2D eigenvalue weighted by atomic mass is 10.0. The van der Waals surface area contributed by atoms with E-state index in [0.717, 1.165) is 13.0 Å². The Morgan fingerprint density at radius 1 is 1.04 bits per heavy atom. The van der Waals surface area contributed by atoms with E-state index < -0.39 is 63.5 Å². The molecule has 2 atom stereocenters. The van der Waals surface area contributed by atoms with Crippen LogP contribution in [0.3, 0.4) is 0 Å². The SMILES string of the molecule is CCC(F)(F)CS(=O)(=O)Nc1c(F)ccc2c(Oc3ncccc3-c3ccnc(NC4CC(F)CN(C(=O)OC(C)(C)C)C4)n3)c(C)ccc12. The van der Waals surface area contributed by atoms with Gasteiger partial charge in [-0.25, -0.2) is 45.7 Å². The molecule has 2 unspecified atom stereocenters. The molecule has 0 saturated carbocycles. The lowest BCUT2D eigenvalue weighted by Gasteiger charge is -2.36. The number of carbonyl (C=O) groups excluding carboxylic acids is 1. The summed E-state index contributed by atoms with van der Waals surface area (Å²) in [5, 5.41) is 3.48. The molecule has 4 aromatic rings. The summed E-state index contributed by atoms with van der Waals surface area (Å²) in [6, 6.07) is 9.92. The van der Waals surface area contributed by atoms with Gasteiger partial charge < -0.3 is 19.7 Å². The smallest absolute Gasteiger partial charge is 0.410 e. The van der Waals surface area contributed by atoms with Gasteiger partial charge in [0.2, 0.25) is 21.9 Å². The van der Waals surface area contributed by atoms with Crippen molar-refractivity contribution in [2.45, 2.75) is 71.2 Å². The lowest BCUT2D eigenvalue weighted by molar-refractivity contribution is 0.0123. The first-order valence-corrected chi connectivity index (χ1v) is 17.5. The molecule has 2 aromatic heterocycles. The predicted molar refractivity (Wildman–Crippen MR) is 181 cm³/mol. The number of fused-ring (bicyclic) bond motifs is 1. The van der Waals surface area contributed by atoms with E-state index in [4.69, 9.17) is 9.47 Å². The standard InChI is InChI=1S/C34H38F4N6O5S/c1-6-34(37,38)19-50(46,47)43-28-23-10-9-20(2)29(24(23)11-12-26(28)36)48-30-25(8-7-14-39-30)27-13-15-40-31(42-27)41-22-16-21(35)17-44(18-22)32(45)49-33(3,4)5/h7-15,21-22,43H,6,16-19H2,1-5H3,(H,40,41,42). The number of amides is 1. The van der Waals surface area contributed by atoms with E-state index in [-0.39, 0.29) is 42.5 Å². The molecule has 0 radical (unpaired) electrons. The highest BCUT2D eigenvalue weighted by atomic mass is 32.2. The largest absolute Gasteiger partial charge is 0.444 e. The normalized spacial score (nSPS) is 17.0. The van der Waals surface area contributed by atoms with Crippen LogP contribution in [-0.4, -0.2) is 76.9 Å². The van der Waals surface area contributed by atoms with Crippen molar-refractivity contribution in [2.75, 3.05) is 28.9 Å². The number of sulfonamides is 1. The fourth-order valence-corrected chi connectivity index (χ4v) is 6.76. The Kier molecular flexibility index (Phi) is 10.4. The van der Waals surface area contributed by atoms with Gasteiger partial charge in [-0.3, -0.25) is 4.72 Å². The van der Waals surface area contributed by atoms with Gasteiger partial charge in [-0.15, -0.1) is 0 Å². The first-order chi connectivity index (χ1) is 23.4. The molecule has 1 saturated heterocycles. The quantitative estimate of drug-likeness (QED) is 0.160. The van der Waals surface area contributed by atoms with Crippen molar-refractivity contribution in [3.63, 3.8) is 0 Å².